The highest BCUT2D eigenvalue weighted by Crippen LogP contribution is 2.12. The summed E-state index contributed by atoms with van der Waals surface area (Å²) < 4.78 is 9.99. The van der Waals surface area contributed by atoms with Gasteiger partial charge in [-0.25, -0.2) is 0 Å². The largest absolute Gasteiger partial charge is 0.497 e. The third-order valence-corrected chi connectivity index (χ3v) is 2.57. The number of carbonyl (C=O) groups is 1. The van der Waals surface area contributed by atoms with E-state index in [1.54, 1.807) is 50.4 Å². The maximum Gasteiger partial charge on any atom is 0.253 e. The quantitative estimate of drug-likeness (QED) is 0.811. The van der Waals surface area contributed by atoms with E-state index in [1.807, 2.05) is 0 Å². The van der Waals surface area contributed by atoms with Crippen LogP contribution in [0.2, 0.25) is 0 Å². The van der Waals surface area contributed by atoms with Gasteiger partial charge in [0.15, 0.2) is 0 Å². The Kier molecular flexibility index (Phi) is 5.61. The van der Waals surface area contributed by atoms with E-state index in [-0.39, 0.29) is 11.9 Å². The Morgan fingerprint density at radius 2 is 1.94 bits per heavy atom. The number of hydrogen-bond donors (Lipinski definition) is 1. The van der Waals surface area contributed by atoms with E-state index in [9.17, 15) is 4.79 Å². The SMILES string of the molecule is COCC(N)CN(C)C(=O)c1ccc(OC)cc1. The third-order valence-electron chi connectivity index (χ3n) is 2.57. The first-order chi connectivity index (χ1) is 8.58. The lowest BCUT2D eigenvalue weighted by molar-refractivity contribution is 0.0764. The molecule has 0 bridgehead atoms. The summed E-state index contributed by atoms with van der Waals surface area (Å²) >= 11 is 0. The summed E-state index contributed by atoms with van der Waals surface area (Å²) in [6.07, 6.45) is 0. The fourth-order valence-electron chi connectivity index (χ4n) is 1.66. The maximum absolute atomic E-state index is 12.1. The second-order valence-corrected chi connectivity index (χ2v) is 4.13. The minimum atomic E-state index is -0.179. The highest BCUT2D eigenvalue weighted by atomic mass is 16.5. The van der Waals surface area contributed by atoms with Crippen LogP contribution < -0.4 is 10.5 Å². The standard InChI is InChI=1S/C13H20N2O3/c1-15(8-11(14)9-17-2)13(16)10-4-6-12(18-3)7-5-10/h4-7,11H,8-9,14H2,1-3H3. The number of carbonyl (C=O) groups excluding carboxylic acids is 1. The first-order valence-corrected chi connectivity index (χ1v) is 5.72. The zero-order valence-electron chi connectivity index (χ0n) is 11.1. The minimum Gasteiger partial charge on any atom is -0.497 e. The van der Waals surface area contributed by atoms with E-state index >= 15 is 0 Å². The van der Waals surface area contributed by atoms with E-state index < -0.39 is 0 Å². The van der Waals surface area contributed by atoms with Crippen molar-refractivity contribution in [2.75, 3.05) is 34.4 Å². The number of nitrogens with two attached hydrogens (primary N) is 1. The van der Waals surface area contributed by atoms with Crippen molar-refractivity contribution in [3.05, 3.63) is 29.8 Å². The Bertz CT molecular complexity index is 378. The predicted molar refractivity (Wildman–Crippen MR) is 69.8 cm³/mol. The van der Waals surface area contributed by atoms with Crippen LogP contribution in [0.3, 0.4) is 0 Å². The summed E-state index contributed by atoms with van der Waals surface area (Å²) in [6, 6.07) is 6.81. The normalized spacial score (nSPS) is 12.0. The molecule has 100 valence electrons. The first kappa shape index (κ1) is 14.5. The summed E-state index contributed by atoms with van der Waals surface area (Å²) in [5.74, 6) is 0.662. The monoisotopic (exact) mass is 252 g/mol. The van der Waals surface area contributed by atoms with Crippen LogP contribution >= 0.6 is 0 Å². The summed E-state index contributed by atoms with van der Waals surface area (Å²) in [5, 5.41) is 0. The Morgan fingerprint density at radius 1 is 1.33 bits per heavy atom. The average Bonchev–Trinajstić information content (AvgIpc) is 2.38. The number of ether oxygens (including phenoxy) is 2. The summed E-state index contributed by atoms with van der Waals surface area (Å²) in [5.41, 5.74) is 6.42. The molecule has 5 heteroatoms. The molecule has 0 aromatic heterocycles. The molecule has 5 nitrogen and oxygen atoms in total. The van der Waals surface area contributed by atoms with Crippen LogP contribution in [0.5, 0.6) is 5.75 Å². The van der Waals surface area contributed by atoms with Gasteiger partial charge >= 0.3 is 0 Å². The fourth-order valence-corrected chi connectivity index (χ4v) is 1.66. The Morgan fingerprint density at radius 3 is 2.44 bits per heavy atom. The van der Waals surface area contributed by atoms with Crippen LogP contribution in [0.15, 0.2) is 24.3 Å². The van der Waals surface area contributed by atoms with Crippen molar-refractivity contribution < 1.29 is 14.3 Å². The van der Waals surface area contributed by atoms with Crippen LogP contribution in [0, 0.1) is 0 Å². The van der Waals surface area contributed by atoms with Gasteiger partial charge in [-0.2, -0.15) is 0 Å². The van der Waals surface area contributed by atoms with Crippen molar-refractivity contribution in [2.45, 2.75) is 6.04 Å². The molecule has 1 rings (SSSR count). The summed E-state index contributed by atoms with van der Waals surface area (Å²) in [4.78, 5) is 13.7. The van der Waals surface area contributed by atoms with Gasteiger partial charge in [-0.1, -0.05) is 0 Å². The molecule has 1 atom stereocenters. The maximum atomic E-state index is 12.1. The molecule has 0 aliphatic carbocycles. The molecule has 0 fully saturated rings. The van der Waals surface area contributed by atoms with Gasteiger partial charge in [0, 0.05) is 32.3 Å². The van der Waals surface area contributed by atoms with Gasteiger partial charge in [0.1, 0.15) is 5.75 Å². The molecule has 1 amide bonds. The molecule has 0 saturated heterocycles. The topological polar surface area (TPSA) is 64.8 Å². The van der Waals surface area contributed by atoms with Crippen molar-refractivity contribution in [3.8, 4) is 5.75 Å². The molecule has 1 aromatic carbocycles. The number of nitrogens with zero attached hydrogens (tertiary/aromatic N) is 1. The van der Waals surface area contributed by atoms with Crippen LogP contribution in [0.4, 0.5) is 0 Å². The van der Waals surface area contributed by atoms with E-state index in [1.165, 1.54) is 0 Å². The van der Waals surface area contributed by atoms with Gasteiger partial charge in [0.05, 0.1) is 13.7 Å². The van der Waals surface area contributed by atoms with Crippen molar-refractivity contribution in [1.29, 1.82) is 0 Å². The highest BCUT2D eigenvalue weighted by molar-refractivity contribution is 5.94. The lowest BCUT2D eigenvalue weighted by Crippen LogP contribution is -2.41. The fraction of sp³-hybridized carbons (Fsp3) is 0.462. The molecule has 2 N–H and O–H groups in total. The van der Waals surface area contributed by atoms with Crippen LogP contribution in [-0.4, -0.2) is 51.3 Å². The summed E-state index contributed by atoms with van der Waals surface area (Å²) in [6.45, 7) is 0.888. The van der Waals surface area contributed by atoms with Crippen LogP contribution in [0.25, 0.3) is 0 Å². The number of rotatable bonds is 6. The van der Waals surface area contributed by atoms with Gasteiger partial charge in [-0.05, 0) is 24.3 Å². The minimum absolute atomic E-state index is 0.0655. The second kappa shape index (κ2) is 6.98. The lowest BCUT2D eigenvalue weighted by Gasteiger charge is -2.21. The lowest BCUT2D eigenvalue weighted by atomic mass is 10.2. The number of hydrogen-bond acceptors (Lipinski definition) is 4. The number of benzene rings is 1. The van der Waals surface area contributed by atoms with Gasteiger partial charge in [0.2, 0.25) is 0 Å². The number of likely N-dealkylation sites (N-methyl/N-ethyl adjacent to an activating group) is 1. The molecule has 0 radical (unpaired) electrons. The van der Waals surface area contributed by atoms with Gasteiger partial charge in [-0.3, -0.25) is 4.79 Å². The number of methoxy groups -OCH3 is 2. The van der Waals surface area contributed by atoms with E-state index in [0.717, 1.165) is 5.75 Å². The molecule has 0 saturated carbocycles. The Hall–Kier alpha value is -1.59. The zero-order valence-corrected chi connectivity index (χ0v) is 11.1. The van der Waals surface area contributed by atoms with Gasteiger partial charge in [0.25, 0.3) is 5.91 Å². The van der Waals surface area contributed by atoms with Gasteiger partial charge < -0.3 is 20.1 Å². The third kappa shape index (κ3) is 4.01. The van der Waals surface area contributed by atoms with Crippen molar-refractivity contribution in [1.82, 2.24) is 4.90 Å². The van der Waals surface area contributed by atoms with Crippen molar-refractivity contribution in [3.63, 3.8) is 0 Å². The molecular formula is C13H20N2O3. The smallest absolute Gasteiger partial charge is 0.253 e. The summed E-state index contributed by atoms with van der Waals surface area (Å²) in [7, 11) is 4.90. The molecular weight excluding hydrogens is 232 g/mol. The Balaban J connectivity index is 2.62. The van der Waals surface area contributed by atoms with Crippen LogP contribution in [0.1, 0.15) is 10.4 Å². The second-order valence-electron chi connectivity index (χ2n) is 4.13. The van der Waals surface area contributed by atoms with E-state index in [0.29, 0.717) is 18.7 Å². The molecule has 0 aliphatic rings. The van der Waals surface area contributed by atoms with Crippen molar-refractivity contribution >= 4 is 5.91 Å². The van der Waals surface area contributed by atoms with E-state index in [4.69, 9.17) is 15.2 Å². The average molecular weight is 252 g/mol. The predicted octanol–water partition coefficient (Wildman–Crippen LogP) is 0.741. The first-order valence-electron chi connectivity index (χ1n) is 5.72. The van der Waals surface area contributed by atoms with Gasteiger partial charge in [-0.15, -0.1) is 0 Å². The number of amides is 1. The molecule has 1 aromatic rings. The molecule has 1 unspecified atom stereocenters. The van der Waals surface area contributed by atoms with Crippen molar-refractivity contribution in [2.24, 2.45) is 5.73 Å². The molecule has 18 heavy (non-hydrogen) atoms. The Labute approximate surface area is 107 Å². The molecule has 0 heterocycles. The highest BCUT2D eigenvalue weighted by Gasteiger charge is 2.14. The zero-order chi connectivity index (χ0) is 13.5. The molecule has 0 spiro atoms. The molecule has 0 aliphatic heterocycles. The van der Waals surface area contributed by atoms with Crippen LogP contribution in [-0.2, 0) is 4.74 Å². The van der Waals surface area contributed by atoms with E-state index in [2.05, 4.69) is 0 Å².